The van der Waals surface area contributed by atoms with Gasteiger partial charge in [-0.1, -0.05) is 11.6 Å². The molecule has 3 nitrogen and oxygen atoms in total. The lowest BCUT2D eigenvalue weighted by atomic mass is 10.2. The van der Waals surface area contributed by atoms with Gasteiger partial charge in [0.2, 0.25) is 0 Å². The Morgan fingerprint density at radius 2 is 2.14 bits per heavy atom. The van der Waals surface area contributed by atoms with E-state index in [-0.39, 0.29) is 0 Å². The van der Waals surface area contributed by atoms with Crippen molar-refractivity contribution in [2.24, 2.45) is 5.73 Å². The van der Waals surface area contributed by atoms with Crippen LogP contribution in [0, 0.1) is 5.82 Å². The topological polar surface area (TPSA) is 56.0 Å². The number of hydrogen-bond acceptors (Lipinski definition) is 2. The normalized spacial score (nSPS) is 10.6. The fraction of sp³-hybridized carbons (Fsp3) is 0.143. The Labute approximate surface area is 81.7 Å². The first-order valence-corrected chi connectivity index (χ1v) is 3.75. The van der Waals surface area contributed by atoms with Crippen molar-refractivity contribution in [3.63, 3.8) is 0 Å². The Morgan fingerprint density at radius 3 is 2.57 bits per heavy atom. The molecular weight excluding hydrogens is 221 g/mol. The molecule has 0 aliphatic carbocycles. The maximum Gasteiger partial charge on any atom is 0.270 e. The zero-order valence-electron chi connectivity index (χ0n) is 6.60. The van der Waals surface area contributed by atoms with Gasteiger partial charge in [0.25, 0.3) is 12.3 Å². The minimum absolute atomic E-state index is 0.445. The first kappa shape index (κ1) is 10.8. The summed E-state index contributed by atoms with van der Waals surface area (Å²) in [5.41, 5.74) is 3.20. The van der Waals surface area contributed by atoms with E-state index in [9.17, 15) is 18.0 Å². The molecule has 0 fully saturated rings. The van der Waals surface area contributed by atoms with Crippen molar-refractivity contribution in [2.75, 3.05) is 0 Å². The SMILES string of the molecule is NC(=O)c1nc(Cl)c(C(F)F)cc1F. The predicted molar refractivity (Wildman–Crippen MR) is 42.7 cm³/mol. The van der Waals surface area contributed by atoms with Gasteiger partial charge in [-0.2, -0.15) is 0 Å². The van der Waals surface area contributed by atoms with Crippen molar-refractivity contribution in [1.82, 2.24) is 4.98 Å². The van der Waals surface area contributed by atoms with Crippen molar-refractivity contribution in [3.05, 3.63) is 28.3 Å². The first-order valence-electron chi connectivity index (χ1n) is 3.37. The highest BCUT2D eigenvalue weighted by molar-refractivity contribution is 6.30. The van der Waals surface area contributed by atoms with Crippen LogP contribution in [0.25, 0.3) is 0 Å². The minimum Gasteiger partial charge on any atom is -0.364 e. The molecule has 1 aromatic heterocycles. The van der Waals surface area contributed by atoms with Crippen LogP contribution in [-0.2, 0) is 0 Å². The van der Waals surface area contributed by atoms with E-state index in [2.05, 4.69) is 4.98 Å². The molecule has 0 aromatic carbocycles. The molecule has 1 aromatic rings. The number of carbonyl (C=O) groups excluding carboxylic acids is 1. The Bertz CT molecular complexity index is 383. The number of nitrogens with zero attached hydrogens (tertiary/aromatic N) is 1. The zero-order valence-corrected chi connectivity index (χ0v) is 7.36. The second-order valence-corrected chi connectivity index (χ2v) is 2.72. The lowest BCUT2D eigenvalue weighted by Crippen LogP contribution is -2.16. The molecule has 1 amide bonds. The lowest BCUT2D eigenvalue weighted by Gasteiger charge is -2.04. The van der Waals surface area contributed by atoms with Gasteiger partial charge >= 0.3 is 0 Å². The van der Waals surface area contributed by atoms with Crippen LogP contribution in [0.1, 0.15) is 22.5 Å². The Balaban J connectivity index is 3.31. The van der Waals surface area contributed by atoms with Gasteiger partial charge < -0.3 is 5.73 Å². The first-order chi connectivity index (χ1) is 6.43. The number of alkyl halides is 2. The second-order valence-electron chi connectivity index (χ2n) is 2.36. The lowest BCUT2D eigenvalue weighted by molar-refractivity contribution is 0.0990. The smallest absolute Gasteiger partial charge is 0.270 e. The van der Waals surface area contributed by atoms with Crippen LogP contribution in [0.5, 0.6) is 0 Å². The molecule has 0 aliphatic rings. The standard InChI is InChI=1S/C7H4ClF3N2O/c8-5-2(6(10)11)1-3(9)4(13-5)7(12)14/h1,6H,(H2,12,14). The van der Waals surface area contributed by atoms with Crippen LogP contribution in [0.3, 0.4) is 0 Å². The summed E-state index contributed by atoms with van der Waals surface area (Å²) < 4.78 is 37.2. The molecule has 0 atom stereocenters. The van der Waals surface area contributed by atoms with Crippen LogP contribution in [0.2, 0.25) is 5.15 Å². The second kappa shape index (κ2) is 3.83. The maximum atomic E-state index is 12.9. The molecule has 7 heteroatoms. The Kier molecular flexibility index (Phi) is 2.95. The quantitative estimate of drug-likeness (QED) is 0.780. The Morgan fingerprint density at radius 1 is 1.57 bits per heavy atom. The van der Waals surface area contributed by atoms with E-state index in [4.69, 9.17) is 17.3 Å². The summed E-state index contributed by atoms with van der Waals surface area (Å²) in [4.78, 5) is 13.7. The van der Waals surface area contributed by atoms with Crippen LogP contribution in [0.15, 0.2) is 6.07 Å². The molecule has 0 saturated carbocycles. The minimum atomic E-state index is -2.95. The molecule has 2 N–H and O–H groups in total. The number of rotatable bonds is 2. The number of pyridine rings is 1. The van der Waals surface area contributed by atoms with Crippen molar-refractivity contribution in [1.29, 1.82) is 0 Å². The van der Waals surface area contributed by atoms with Crippen molar-refractivity contribution in [2.45, 2.75) is 6.43 Å². The summed E-state index contributed by atoms with van der Waals surface area (Å²) >= 11 is 5.27. The van der Waals surface area contributed by atoms with Crippen LogP contribution in [0.4, 0.5) is 13.2 Å². The third-order valence-corrected chi connectivity index (χ3v) is 1.73. The van der Waals surface area contributed by atoms with Gasteiger partial charge in [0.15, 0.2) is 11.5 Å². The van der Waals surface area contributed by atoms with Crippen molar-refractivity contribution < 1.29 is 18.0 Å². The predicted octanol–water partition coefficient (Wildman–Crippen LogP) is 1.91. The highest BCUT2D eigenvalue weighted by Gasteiger charge is 2.19. The molecule has 0 unspecified atom stereocenters. The molecular formula is C7H4ClF3N2O. The average molecular weight is 225 g/mol. The molecule has 76 valence electrons. The molecule has 0 bridgehead atoms. The number of carbonyl (C=O) groups is 1. The summed E-state index contributed by atoms with van der Waals surface area (Å²) in [5.74, 6) is -2.37. The van der Waals surface area contributed by atoms with E-state index >= 15 is 0 Å². The number of nitrogens with two attached hydrogens (primary N) is 1. The summed E-state index contributed by atoms with van der Waals surface area (Å²) in [6.07, 6.45) is -2.95. The van der Waals surface area contributed by atoms with Gasteiger partial charge in [-0.15, -0.1) is 0 Å². The van der Waals surface area contributed by atoms with Gasteiger partial charge in [-0.3, -0.25) is 4.79 Å². The van der Waals surface area contributed by atoms with E-state index in [0.717, 1.165) is 0 Å². The van der Waals surface area contributed by atoms with E-state index in [1.807, 2.05) is 0 Å². The highest BCUT2D eigenvalue weighted by Crippen LogP contribution is 2.26. The van der Waals surface area contributed by atoms with E-state index in [1.165, 1.54) is 0 Å². The van der Waals surface area contributed by atoms with E-state index in [1.54, 1.807) is 0 Å². The van der Waals surface area contributed by atoms with Gasteiger partial charge in [0, 0.05) is 0 Å². The molecule has 0 spiro atoms. The molecule has 1 heterocycles. The summed E-state index contributed by atoms with van der Waals surface area (Å²) in [5, 5.41) is -0.629. The van der Waals surface area contributed by atoms with Crippen LogP contribution >= 0.6 is 11.6 Å². The fourth-order valence-electron chi connectivity index (χ4n) is 0.806. The fourth-order valence-corrected chi connectivity index (χ4v) is 1.03. The monoisotopic (exact) mass is 224 g/mol. The van der Waals surface area contributed by atoms with E-state index in [0.29, 0.717) is 6.07 Å². The number of amides is 1. The summed E-state index contributed by atoms with van der Waals surface area (Å²) in [7, 11) is 0. The molecule has 14 heavy (non-hydrogen) atoms. The number of hydrogen-bond donors (Lipinski definition) is 1. The van der Waals surface area contributed by atoms with Crippen LogP contribution in [-0.4, -0.2) is 10.9 Å². The number of halogens is 4. The summed E-state index contributed by atoms with van der Waals surface area (Å²) in [6.45, 7) is 0. The maximum absolute atomic E-state index is 12.9. The third kappa shape index (κ3) is 1.95. The van der Waals surface area contributed by atoms with Crippen molar-refractivity contribution in [3.8, 4) is 0 Å². The molecule has 0 radical (unpaired) electrons. The summed E-state index contributed by atoms with van der Waals surface area (Å²) in [6, 6.07) is 0.445. The molecule has 0 saturated heterocycles. The van der Waals surface area contributed by atoms with Crippen molar-refractivity contribution >= 4 is 17.5 Å². The van der Waals surface area contributed by atoms with Gasteiger partial charge in [-0.25, -0.2) is 18.2 Å². The van der Waals surface area contributed by atoms with Gasteiger partial charge in [0.1, 0.15) is 5.15 Å². The highest BCUT2D eigenvalue weighted by atomic mass is 35.5. The third-order valence-electron chi connectivity index (χ3n) is 1.43. The average Bonchev–Trinajstić information content (AvgIpc) is 2.07. The van der Waals surface area contributed by atoms with E-state index < -0.39 is 34.6 Å². The molecule has 1 rings (SSSR count). The largest absolute Gasteiger partial charge is 0.364 e. The Hall–Kier alpha value is -1.30. The number of aromatic nitrogens is 1. The number of primary amides is 1. The van der Waals surface area contributed by atoms with Gasteiger partial charge in [0.05, 0.1) is 5.56 Å². The van der Waals surface area contributed by atoms with Gasteiger partial charge in [-0.05, 0) is 6.07 Å². The molecule has 0 aliphatic heterocycles. The van der Waals surface area contributed by atoms with Crippen LogP contribution < -0.4 is 5.73 Å². The zero-order chi connectivity index (χ0) is 10.9.